The van der Waals surface area contributed by atoms with E-state index in [1.807, 2.05) is 24.8 Å². The van der Waals surface area contributed by atoms with Gasteiger partial charge in [0.25, 0.3) is 0 Å². The van der Waals surface area contributed by atoms with Crippen molar-refractivity contribution in [2.45, 2.75) is 26.8 Å². The van der Waals surface area contributed by atoms with Crippen molar-refractivity contribution < 1.29 is 4.79 Å². The van der Waals surface area contributed by atoms with Crippen LogP contribution in [-0.2, 0) is 24.8 Å². The van der Waals surface area contributed by atoms with Crippen molar-refractivity contribution in [1.82, 2.24) is 19.7 Å². The molecular formula is C23H26ClN7O. The lowest BCUT2D eigenvalue weighted by Gasteiger charge is -2.30. The molecule has 0 saturated carbocycles. The molecule has 1 aromatic heterocycles. The van der Waals surface area contributed by atoms with Crippen LogP contribution in [0.4, 0.5) is 17.3 Å². The predicted molar refractivity (Wildman–Crippen MR) is 127 cm³/mol. The number of halogens is 1. The van der Waals surface area contributed by atoms with Crippen LogP contribution in [-0.4, -0.2) is 38.3 Å². The summed E-state index contributed by atoms with van der Waals surface area (Å²) in [5.41, 5.74) is 10.7. The first-order valence-corrected chi connectivity index (χ1v) is 10.8. The second-order valence-corrected chi connectivity index (χ2v) is 8.61. The van der Waals surface area contributed by atoms with Crippen LogP contribution in [0.1, 0.15) is 30.5 Å². The number of nitrogens with two attached hydrogens (primary N) is 1. The van der Waals surface area contributed by atoms with Crippen molar-refractivity contribution in [3.05, 3.63) is 52.0 Å². The Morgan fingerprint density at radius 3 is 2.78 bits per heavy atom. The van der Waals surface area contributed by atoms with E-state index in [1.54, 1.807) is 23.9 Å². The molecule has 9 heteroatoms. The minimum Gasteiger partial charge on any atom is -0.398 e. The normalized spacial score (nSPS) is 13.2. The molecule has 0 atom stereocenters. The van der Waals surface area contributed by atoms with Gasteiger partial charge in [-0.1, -0.05) is 37.6 Å². The number of nitrogens with zero attached hydrogens (tertiary/aromatic N) is 4. The lowest BCUT2D eigenvalue weighted by Crippen LogP contribution is -2.38. The van der Waals surface area contributed by atoms with Gasteiger partial charge in [0.05, 0.1) is 10.7 Å². The van der Waals surface area contributed by atoms with E-state index < -0.39 is 0 Å². The highest BCUT2D eigenvalue weighted by atomic mass is 35.5. The number of amides is 1. The summed E-state index contributed by atoms with van der Waals surface area (Å²) in [7, 11) is 1.80. The highest BCUT2D eigenvalue weighted by Gasteiger charge is 2.23. The van der Waals surface area contributed by atoms with Gasteiger partial charge < -0.3 is 21.4 Å². The van der Waals surface area contributed by atoms with Crippen LogP contribution >= 0.6 is 11.6 Å². The van der Waals surface area contributed by atoms with E-state index in [1.165, 1.54) is 5.56 Å². The van der Waals surface area contributed by atoms with Gasteiger partial charge in [0.1, 0.15) is 0 Å². The first kappa shape index (κ1) is 21.8. The second-order valence-electron chi connectivity index (χ2n) is 8.23. The number of aromatic nitrogens is 3. The molecule has 0 spiro atoms. The molecule has 0 fully saturated rings. The molecule has 2 heterocycles. The van der Waals surface area contributed by atoms with Gasteiger partial charge in [-0.05, 0) is 35.7 Å². The zero-order valence-electron chi connectivity index (χ0n) is 18.3. The second kappa shape index (κ2) is 8.63. The maximum atomic E-state index is 12.3. The molecule has 0 radical (unpaired) electrons. The first-order chi connectivity index (χ1) is 15.3. The van der Waals surface area contributed by atoms with Crippen LogP contribution in [0, 0.1) is 11.3 Å². The van der Waals surface area contributed by atoms with Gasteiger partial charge in [0.15, 0.2) is 5.82 Å². The predicted octanol–water partition coefficient (Wildman–Crippen LogP) is 4.00. The third-order valence-corrected chi connectivity index (χ3v) is 6.06. The number of fused-ring (bicyclic) bond motifs is 1. The number of carbonyl (C=O) groups excluding carboxylic acids is 1. The van der Waals surface area contributed by atoms with Gasteiger partial charge in [0, 0.05) is 49.1 Å². The van der Waals surface area contributed by atoms with E-state index in [0.29, 0.717) is 40.3 Å². The third-order valence-electron chi connectivity index (χ3n) is 5.65. The summed E-state index contributed by atoms with van der Waals surface area (Å²) in [6, 6.07) is 9.60. The molecule has 1 amide bonds. The Labute approximate surface area is 191 Å². The van der Waals surface area contributed by atoms with Crippen molar-refractivity contribution >= 4 is 41.0 Å². The van der Waals surface area contributed by atoms with Crippen molar-refractivity contribution in [3.63, 3.8) is 0 Å². The van der Waals surface area contributed by atoms with Gasteiger partial charge in [0.2, 0.25) is 11.9 Å². The molecule has 0 unspecified atom stereocenters. The Morgan fingerprint density at radius 1 is 1.28 bits per heavy atom. The summed E-state index contributed by atoms with van der Waals surface area (Å²) in [4.78, 5) is 18.9. The Morgan fingerprint density at radius 2 is 2.06 bits per heavy atom. The van der Waals surface area contributed by atoms with E-state index in [-0.39, 0.29) is 11.8 Å². The first-order valence-electron chi connectivity index (χ1n) is 10.5. The lowest BCUT2D eigenvalue weighted by atomic mass is 9.96. The number of hydrogen-bond donors (Lipinski definition) is 3. The molecular weight excluding hydrogens is 426 g/mol. The molecule has 8 nitrogen and oxygen atoms in total. The maximum Gasteiger partial charge on any atom is 0.225 e. The van der Waals surface area contributed by atoms with E-state index in [9.17, 15) is 4.79 Å². The highest BCUT2D eigenvalue weighted by molar-refractivity contribution is 6.36. The fourth-order valence-electron chi connectivity index (χ4n) is 3.83. The summed E-state index contributed by atoms with van der Waals surface area (Å²) in [6.07, 6.45) is 1.95. The third kappa shape index (κ3) is 4.05. The van der Waals surface area contributed by atoms with Crippen molar-refractivity contribution in [2.24, 2.45) is 13.0 Å². The average Bonchev–Trinajstić information content (AvgIpc) is 3.15. The molecule has 166 valence electrons. The Kier molecular flexibility index (Phi) is 5.88. The quantitative estimate of drug-likeness (QED) is 0.401. The van der Waals surface area contributed by atoms with Crippen LogP contribution < -0.4 is 11.1 Å². The van der Waals surface area contributed by atoms with Gasteiger partial charge >= 0.3 is 0 Å². The molecule has 0 aliphatic carbocycles. The van der Waals surface area contributed by atoms with Crippen molar-refractivity contribution in [2.75, 3.05) is 17.6 Å². The Bertz CT molecular complexity index is 1200. The molecule has 4 N–H and O–H groups in total. The standard InChI is InChI=1S/C23H26ClN7O/c1-13(2)22(32)31-9-8-14-10-15(4-5-16(14)12-31)21-28-23(30(3)29-21)27-19-7-6-18(26)17(11-25)20(19)24/h4-7,10-11,13,25H,8-9,12,26H2,1-3H3,(H,27,28,29). The number of carbonyl (C=O) groups is 1. The monoisotopic (exact) mass is 451 g/mol. The highest BCUT2D eigenvalue weighted by Crippen LogP contribution is 2.32. The summed E-state index contributed by atoms with van der Waals surface area (Å²) in [5.74, 6) is 1.31. The summed E-state index contributed by atoms with van der Waals surface area (Å²) < 4.78 is 1.65. The minimum absolute atomic E-state index is 0.00380. The van der Waals surface area contributed by atoms with Crippen molar-refractivity contribution in [1.29, 1.82) is 5.41 Å². The Hall–Kier alpha value is -3.39. The molecule has 1 aliphatic heterocycles. The number of hydrogen-bond acceptors (Lipinski definition) is 6. The summed E-state index contributed by atoms with van der Waals surface area (Å²) in [5, 5.41) is 15.6. The van der Waals surface area contributed by atoms with E-state index >= 15 is 0 Å². The molecule has 2 aromatic carbocycles. The lowest BCUT2D eigenvalue weighted by molar-refractivity contribution is -0.135. The molecule has 0 saturated heterocycles. The number of rotatable bonds is 5. The summed E-state index contributed by atoms with van der Waals surface area (Å²) >= 11 is 6.39. The number of nitrogen functional groups attached to an aromatic ring is 1. The zero-order chi connectivity index (χ0) is 23.0. The SMILES string of the molecule is CC(C)C(=O)N1CCc2cc(-c3nc(Nc4ccc(N)c(C=N)c4Cl)n(C)n3)ccc2C1. The van der Waals surface area contributed by atoms with Crippen LogP contribution in [0.25, 0.3) is 11.4 Å². The number of aryl methyl sites for hydroxylation is 1. The molecule has 1 aliphatic rings. The number of anilines is 3. The number of benzene rings is 2. The maximum absolute atomic E-state index is 12.3. The molecule has 3 aromatic rings. The van der Waals surface area contributed by atoms with Gasteiger partial charge in [-0.2, -0.15) is 4.98 Å². The Balaban J connectivity index is 1.58. The average molecular weight is 452 g/mol. The fraction of sp³-hybridized carbons (Fsp3) is 0.304. The summed E-state index contributed by atoms with van der Waals surface area (Å²) in [6.45, 7) is 5.23. The van der Waals surface area contributed by atoms with Crippen molar-refractivity contribution in [3.8, 4) is 11.4 Å². The zero-order valence-corrected chi connectivity index (χ0v) is 19.1. The molecule has 0 bridgehead atoms. The molecule has 4 rings (SSSR count). The van der Waals surface area contributed by atoms with E-state index in [2.05, 4.69) is 27.5 Å². The van der Waals surface area contributed by atoms with E-state index in [4.69, 9.17) is 22.7 Å². The van der Waals surface area contributed by atoms with Crippen LogP contribution in [0.5, 0.6) is 0 Å². The van der Waals surface area contributed by atoms with Crippen LogP contribution in [0.2, 0.25) is 5.02 Å². The van der Waals surface area contributed by atoms with Crippen LogP contribution in [0.15, 0.2) is 30.3 Å². The van der Waals surface area contributed by atoms with Gasteiger partial charge in [-0.25, -0.2) is 4.68 Å². The fourth-order valence-corrected chi connectivity index (χ4v) is 4.11. The topological polar surface area (TPSA) is 113 Å². The van der Waals surface area contributed by atoms with Gasteiger partial charge in [-0.15, -0.1) is 5.10 Å². The van der Waals surface area contributed by atoms with E-state index in [0.717, 1.165) is 30.3 Å². The minimum atomic E-state index is 0.00380. The smallest absolute Gasteiger partial charge is 0.225 e. The van der Waals surface area contributed by atoms with Gasteiger partial charge in [-0.3, -0.25) is 4.79 Å². The molecule has 32 heavy (non-hydrogen) atoms. The van der Waals surface area contributed by atoms with Crippen LogP contribution in [0.3, 0.4) is 0 Å². The number of nitrogens with one attached hydrogen (secondary N) is 2. The largest absolute Gasteiger partial charge is 0.398 e.